The van der Waals surface area contributed by atoms with Crippen LogP contribution in [0.25, 0.3) is 0 Å². The second-order valence-corrected chi connectivity index (χ2v) is 5.73. The first-order chi connectivity index (χ1) is 10.1. The largest absolute Gasteiger partial charge is 0.349 e. The number of halogens is 2. The molecule has 0 atom stereocenters. The average molecular weight is 295 g/mol. The van der Waals surface area contributed by atoms with Gasteiger partial charge in [-0.1, -0.05) is 37.6 Å². The van der Waals surface area contributed by atoms with Gasteiger partial charge in [-0.25, -0.2) is 0 Å². The molecule has 1 amide bonds. The Morgan fingerprint density at radius 1 is 1.14 bits per heavy atom. The Hall–Kier alpha value is -1.45. The highest BCUT2D eigenvalue weighted by atomic mass is 19.3. The molecule has 1 aliphatic rings. The van der Waals surface area contributed by atoms with Gasteiger partial charge < -0.3 is 4.90 Å². The Morgan fingerprint density at radius 2 is 1.76 bits per heavy atom. The Bertz CT molecular complexity index is 464. The number of rotatable bonds is 5. The molecule has 1 fully saturated rings. The molecule has 0 N–H and O–H groups in total. The van der Waals surface area contributed by atoms with Crippen LogP contribution in [0, 0.1) is 0 Å². The maximum Gasteiger partial charge on any atom is 0.349 e. The normalized spacial score (nSPS) is 16.0. The molecule has 4 heteroatoms. The van der Waals surface area contributed by atoms with E-state index in [1.54, 1.807) is 12.1 Å². The molecule has 1 heterocycles. The van der Waals surface area contributed by atoms with Gasteiger partial charge in [-0.2, -0.15) is 8.78 Å². The summed E-state index contributed by atoms with van der Waals surface area (Å²) in [5.41, 5.74) is 0.847. The Balaban J connectivity index is 2.08. The van der Waals surface area contributed by atoms with Gasteiger partial charge in [-0.15, -0.1) is 0 Å². The molecule has 0 aliphatic carbocycles. The highest BCUT2D eigenvalue weighted by Gasteiger charge is 2.43. The summed E-state index contributed by atoms with van der Waals surface area (Å²) >= 11 is 0. The van der Waals surface area contributed by atoms with E-state index in [-0.39, 0.29) is 5.56 Å². The van der Waals surface area contributed by atoms with Crippen molar-refractivity contribution in [2.24, 2.45) is 0 Å². The van der Waals surface area contributed by atoms with E-state index in [1.807, 2.05) is 0 Å². The van der Waals surface area contributed by atoms with Crippen molar-refractivity contribution in [1.29, 1.82) is 0 Å². The molecular formula is C17H23F2NO. The van der Waals surface area contributed by atoms with Gasteiger partial charge in [0, 0.05) is 18.7 Å². The number of amides is 1. The fourth-order valence-electron chi connectivity index (χ4n) is 2.68. The van der Waals surface area contributed by atoms with Crippen molar-refractivity contribution in [1.82, 2.24) is 4.90 Å². The third kappa shape index (κ3) is 3.80. The van der Waals surface area contributed by atoms with E-state index in [2.05, 4.69) is 6.92 Å². The lowest BCUT2D eigenvalue weighted by Gasteiger charge is -2.30. The number of nitrogens with zero attached hydrogens (tertiary/aromatic N) is 1. The van der Waals surface area contributed by atoms with E-state index in [4.69, 9.17) is 0 Å². The van der Waals surface area contributed by atoms with E-state index in [1.165, 1.54) is 17.0 Å². The van der Waals surface area contributed by atoms with Gasteiger partial charge >= 0.3 is 5.92 Å². The molecule has 1 saturated heterocycles. The van der Waals surface area contributed by atoms with E-state index in [0.29, 0.717) is 13.1 Å². The smallest absolute Gasteiger partial charge is 0.337 e. The predicted molar refractivity (Wildman–Crippen MR) is 79.4 cm³/mol. The Labute approximate surface area is 125 Å². The standard InChI is InChI=1S/C17H23F2NO/c1-2-3-7-14-8-10-15(11-9-14)17(18,19)16(21)20-12-5-4-6-13-20/h8-11H,2-7,12-13H2,1H3. The number of hydrogen-bond acceptors (Lipinski definition) is 1. The quantitative estimate of drug-likeness (QED) is 0.799. The zero-order chi connectivity index (χ0) is 15.3. The van der Waals surface area contributed by atoms with Crippen LogP contribution >= 0.6 is 0 Å². The first-order valence-electron chi connectivity index (χ1n) is 7.82. The van der Waals surface area contributed by atoms with Gasteiger partial charge in [0.15, 0.2) is 0 Å². The molecule has 21 heavy (non-hydrogen) atoms. The van der Waals surface area contributed by atoms with Gasteiger partial charge in [0.05, 0.1) is 0 Å². The first kappa shape index (κ1) is 15.9. The highest BCUT2D eigenvalue weighted by molar-refractivity contribution is 5.85. The second-order valence-electron chi connectivity index (χ2n) is 5.73. The van der Waals surface area contributed by atoms with Gasteiger partial charge in [0.1, 0.15) is 0 Å². The third-order valence-electron chi connectivity index (χ3n) is 4.05. The number of piperidine rings is 1. The molecule has 2 nitrogen and oxygen atoms in total. The lowest BCUT2D eigenvalue weighted by Crippen LogP contribution is -2.44. The number of likely N-dealkylation sites (tertiary alicyclic amines) is 1. The summed E-state index contributed by atoms with van der Waals surface area (Å²) in [4.78, 5) is 13.4. The van der Waals surface area contributed by atoms with Crippen molar-refractivity contribution in [2.75, 3.05) is 13.1 Å². The van der Waals surface area contributed by atoms with Crippen LogP contribution in [-0.4, -0.2) is 23.9 Å². The molecule has 0 aromatic heterocycles. The van der Waals surface area contributed by atoms with Crippen LogP contribution in [0.2, 0.25) is 0 Å². The van der Waals surface area contributed by atoms with E-state index in [0.717, 1.165) is 44.1 Å². The summed E-state index contributed by atoms with van der Waals surface area (Å²) in [5.74, 6) is -4.47. The number of aryl methyl sites for hydroxylation is 1. The number of benzene rings is 1. The van der Waals surface area contributed by atoms with Crippen molar-refractivity contribution in [3.63, 3.8) is 0 Å². The number of unbranched alkanes of at least 4 members (excludes halogenated alkanes) is 1. The van der Waals surface area contributed by atoms with Crippen LogP contribution in [0.3, 0.4) is 0 Å². The fourth-order valence-corrected chi connectivity index (χ4v) is 2.68. The first-order valence-corrected chi connectivity index (χ1v) is 7.82. The minimum Gasteiger partial charge on any atom is -0.337 e. The molecular weight excluding hydrogens is 272 g/mol. The van der Waals surface area contributed by atoms with Crippen LogP contribution in [0.1, 0.15) is 50.2 Å². The van der Waals surface area contributed by atoms with Crippen molar-refractivity contribution in [3.8, 4) is 0 Å². The minimum absolute atomic E-state index is 0.196. The topological polar surface area (TPSA) is 20.3 Å². The van der Waals surface area contributed by atoms with E-state index < -0.39 is 11.8 Å². The molecule has 0 bridgehead atoms. The minimum atomic E-state index is -3.42. The van der Waals surface area contributed by atoms with Crippen LogP contribution in [-0.2, 0) is 17.1 Å². The molecule has 1 aromatic rings. The molecule has 0 spiro atoms. The third-order valence-corrected chi connectivity index (χ3v) is 4.05. The zero-order valence-electron chi connectivity index (χ0n) is 12.6. The summed E-state index contributed by atoms with van der Waals surface area (Å²) in [6, 6.07) is 6.21. The number of carbonyl (C=O) groups excluding carboxylic acids is 1. The summed E-state index contributed by atoms with van der Waals surface area (Å²) in [7, 11) is 0. The lowest BCUT2D eigenvalue weighted by molar-refractivity contribution is -0.160. The van der Waals surface area contributed by atoms with Gasteiger partial charge in [-0.05, 0) is 37.7 Å². The molecule has 1 aromatic carbocycles. The van der Waals surface area contributed by atoms with Crippen LogP contribution in [0.15, 0.2) is 24.3 Å². The highest BCUT2D eigenvalue weighted by Crippen LogP contribution is 2.31. The molecule has 0 saturated carbocycles. The van der Waals surface area contributed by atoms with Crippen molar-refractivity contribution < 1.29 is 13.6 Å². The van der Waals surface area contributed by atoms with Crippen LogP contribution in [0.5, 0.6) is 0 Å². The van der Waals surface area contributed by atoms with Crippen molar-refractivity contribution in [2.45, 2.75) is 51.4 Å². The summed E-state index contributed by atoms with van der Waals surface area (Å²) in [5, 5.41) is 0. The summed E-state index contributed by atoms with van der Waals surface area (Å²) in [6.07, 6.45) is 5.66. The number of alkyl halides is 2. The zero-order valence-corrected chi connectivity index (χ0v) is 12.6. The predicted octanol–water partition coefficient (Wildman–Crippen LogP) is 4.13. The summed E-state index contributed by atoms with van der Waals surface area (Å²) < 4.78 is 28.7. The maximum absolute atomic E-state index is 14.3. The van der Waals surface area contributed by atoms with Gasteiger partial charge in [0.25, 0.3) is 5.91 Å². The fraction of sp³-hybridized carbons (Fsp3) is 0.588. The van der Waals surface area contributed by atoms with E-state index in [9.17, 15) is 13.6 Å². The average Bonchev–Trinajstić information content (AvgIpc) is 2.53. The monoisotopic (exact) mass is 295 g/mol. The van der Waals surface area contributed by atoms with Gasteiger partial charge in [-0.3, -0.25) is 4.79 Å². The summed E-state index contributed by atoms with van der Waals surface area (Å²) in [6.45, 7) is 2.99. The van der Waals surface area contributed by atoms with Crippen molar-refractivity contribution >= 4 is 5.91 Å². The van der Waals surface area contributed by atoms with Crippen LogP contribution < -0.4 is 0 Å². The number of hydrogen-bond donors (Lipinski definition) is 0. The molecule has 2 rings (SSSR count). The van der Waals surface area contributed by atoms with Gasteiger partial charge in [0.2, 0.25) is 0 Å². The van der Waals surface area contributed by atoms with E-state index >= 15 is 0 Å². The molecule has 116 valence electrons. The van der Waals surface area contributed by atoms with Crippen LogP contribution in [0.4, 0.5) is 8.78 Å². The lowest BCUT2D eigenvalue weighted by atomic mass is 10.0. The van der Waals surface area contributed by atoms with Crippen molar-refractivity contribution in [3.05, 3.63) is 35.4 Å². The SMILES string of the molecule is CCCCc1ccc(C(F)(F)C(=O)N2CCCCC2)cc1. The molecule has 0 radical (unpaired) electrons. The molecule has 1 aliphatic heterocycles. The Kier molecular flexibility index (Phi) is 5.32. The number of carbonyl (C=O) groups is 1. The maximum atomic E-state index is 14.3. The Morgan fingerprint density at radius 3 is 2.33 bits per heavy atom. The molecule has 0 unspecified atom stereocenters. The second kappa shape index (κ2) is 7.01.